The molecule has 8 heteroatoms. The molecule has 0 aliphatic carbocycles. The van der Waals surface area contributed by atoms with E-state index in [0.29, 0.717) is 19.0 Å². The zero-order valence-corrected chi connectivity index (χ0v) is 10.4. The number of halogens is 3. The van der Waals surface area contributed by atoms with Crippen molar-refractivity contribution in [1.29, 1.82) is 0 Å². The van der Waals surface area contributed by atoms with E-state index in [0.717, 1.165) is 25.1 Å². The number of nitro groups is 1. The number of benzene rings is 1. The zero-order chi connectivity index (χ0) is 14.8. The molecule has 0 amide bonds. The van der Waals surface area contributed by atoms with Gasteiger partial charge in [-0.15, -0.1) is 0 Å². The van der Waals surface area contributed by atoms with Crippen molar-refractivity contribution in [2.24, 2.45) is 0 Å². The Hall–Kier alpha value is -1.83. The van der Waals surface area contributed by atoms with Gasteiger partial charge in [0.25, 0.3) is 0 Å². The molecule has 0 radical (unpaired) electrons. The van der Waals surface area contributed by atoms with E-state index in [1.807, 2.05) is 0 Å². The Morgan fingerprint density at radius 1 is 1.40 bits per heavy atom. The van der Waals surface area contributed by atoms with E-state index in [2.05, 4.69) is 5.32 Å². The van der Waals surface area contributed by atoms with Crippen molar-refractivity contribution in [3.8, 4) is 5.75 Å². The van der Waals surface area contributed by atoms with Gasteiger partial charge in [0.2, 0.25) is 0 Å². The molecule has 0 spiro atoms. The van der Waals surface area contributed by atoms with Gasteiger partial charge in [-0.2, -0.15) is 13.2 Å². The molecular weight excluding hydrogens is 277 g/mol. The van der Waals surface area contributed by atoms with Crippen LogP contribution in [0.25, 0.3) is 0 Å². The lowest BCUT2D eigenvalue weighted by Gasteiger charge is -2.23. The average Bonchev–Trinajstić information content (AvgIpc) is 2.38. The number of piperidine rings is 1. The molecule has 1 heterocycles. The van der Waals surface area contributed by atoms with Gasteiger partial charge in [-0.25, -0.2) is 0 Å². The topological polar surface area (TPSA) is 64.4 Å². The number of hydrogen-bond acceptors (Lipinski definition) is 4. The minimum atomic E-state index is -4.62. The molecule has 1 N–H and O–H groups in total. The highest BCUT2D eigenvalue weighted by atomic mass is 19.4. The summed E-state index contributed by atoms with van der Waals surface area (Å²) in [4.78, 5) is 10.0. The van der Waals surface area contributed by atoms with Gasteiger partial charge in [0.1, 0.15) is 6.10 Å². The Morgan fingerprint density at radius 3 is 2.70 bits per heavy atom. The van der Waals surface area contributed by atoms with Crippen LogP contribution in [0, 0.1) is 10.1 Å². The van der Waals surface area contributed by atoms with Crippen molar-refractivity contribution in [2.45, 2.75) is 25.1 Å². The highest BCUT2D eigenvalue weighted by Gasteiger charge is 2.33. The molecule has 0 aromatic heterocycles. The van der Waals surface area contributed by atoms with Crippen LogP contribution in [0.3, 0.4) is 0 Å². The predicted octanol–water partition coefficient (Wildman–Crippen LogP) is 2.74. The van der Waals surface area contributed by atoms with E-state index >= 15 is 0 Å². The Bertz CT molecular complexity index is 499. The van der Waals surface area contributed by atoms with Crippen LogP contribution < -0.4 is 10.1 Å². The largest absolute Gasteiger partial charge is 0.482 e. The molecule has 0 saturated carbocycles. The van der Waals surface area contributed by atoms with Gasteiger partial charge >= 0.3 is 11.9 Å². The van der Waals surface area contributed by atoms with Crippen molar-refractivity contribution >= 4 is 5.69 Å². The van der Waals surface area contributed by atoms with E-state index in [-0.39, 0.29) is 11.9 Å². The first kappa shape index (κ1) is 14.6. The lowest BCUT2D eigenvalue weighted by molar-refractivity contribution is -0.386. The quantitative estimate of drug-likeness (QED) is 0.686. The Balaban J connectivity index is 2.25. The van der Waals surface area contributed by atoms with Crippen molar-refractivity contribution in [1.82, 2.24) is 5.32 Å². The summed E-state index contributed by atoms with van der Waals surface area (Å²) in [6, 6.07) is 2.31. The van der Waals surface area contributed by atoms with Gasteiger partial charge in [-0.1, -0.05) is 0 Å². The first-order valence-corrected chi connectivity index (χ1v) is 6.11. The van der Waals surface area contributed by atoms with Gasteiger partial charge < -0.3 is 10.1 Å². The number of nitrogens with zero attached hydrogens (tertiary/aromatic N) is 1. The van der Waals surface area contributed by atoms with E-state index in [1.165, 1.54) is 0 Å². The van der Waals surface area contributed by atoms with Crippen LogP contribution in [0.1, 0.15) is 18.4 Å². The normalized spacial score (nSPS) is 19.6. The highest BCUT2D eigenvalue weighted by Crippen LogP contribution is 2.36. The second-order valence-corrected chi connectivity index (χ2v) is 4.52. The van der Waals surface area contributed by atoms with Crippen LogP contribution in [0.2, 0.25) is 0 Å². The number of nitrogens with one attached hydrogen (secondary N) is 1. The summed E-state index contributed by atoms with van der Waals surface area (Å²) in [6.45, 7) is 1.37. The SMILES string of the molecule is O=[N+]([O-])c1cc(C(F)(F)F)ccc1OC1CCCNC1. The standard InChI is InChI=1S/C12H13F3N2O3/c13-12(14,15)8-3-4-11(10(6-8)17(18)19)20-9-2-1-5-16-7-9/h3-4,6,9,16H,1-2,5,7H2. The number of rotatable bonds is 3. The van der Waals surface area contributed by atoms with E-state index in [1.54, 1.807) is 0 Å². The first-order valence-electron chi connectivity index (χ1n) is 6.11. The Labute approximate surface area is 112 Å². The smallest absolute Gasteiger partial charge is 0.416 e. The minimum absolute atomic E-state index is 0.128. The van der Waals surface area contributed by atoms with Crippen LogP contribution in [0.4, 0.5) is 18.9 Å². The van der Waals surface area contributed by atoms with E-state index < -0.39 is 22.4 Å². The summed E-state index contributed by atoms with van der Waals surface area (Å²) in [5.41, 5.74) is -1.72. The second kappa shape index (κ2) is 5.66. The summed E-state index contributed by atoms with van der Waals surface area (Å²) >= 11 is 0. The Kier molecular flexibility index (Phi) is 4.12. The lowest BCUT2D eigenvalue weighted by Crippen LogP contribution is -2.37. The molecule has 1 atom stereocenters. The number of ether oxygens (including phenoxy) is 1. The molecule has 1 aromatic carbocycles. The van der Waals surface area contributed by atoms with Crippen LogP contribution in [0.15, 0.2) is 18.2 Å². The summed E-state index contributed by atoms with van der Waals surface area (Å²) in [5, 5.41) is 13.9. The minimum Gasteiger partial charge on any atom is -0.482 e. The summed E-state index contributed by atoms with van der Waals surface area (Å²) in [7, 11) is 0. The Morgan fingerprint density at radius 2 is 2.15 bits per heavy atom. The average molecular weight is 290 g/mol. The number of hydrogen-bond donors (Lipinski definition) is 1. The van der Waals surface area contributed by atoms with Crippen LogP contribution in [0.5, 0.6) is 5.75 Å². The molecule has 1 aromatic rings. The van der Waals surface area contributed by atoms with Crippen molar-refractivity contribution in [3.63, 3.8) is 0 Å². The van der Waals surface area contributed by atoms with E-state index in [4.69, 9.17) is 4.74 Å². The molecular formula is C12H13F3N2O3. The van der Waals surface area contributed by atoms with Crippen molar-refractivity contribution in [2.75, 3.05) is 13.1 Å². The van der Waals surface area contributed by atoms with Crippen LogP contribution in [-0.4, -0.2) is 24.1 Å². The summed E-state index contributed by atoms with van der Waals surface area (Å²) < 4.78 is 43.1. The third-order valence-electron chi connectivity index (χ3n) is 3.03. The molecule has 5 nitrogen and oxygen atoms in total. The van der Waals surface area contributed by atoms with Gasteiger partial charge in [0.15, 0.2) is 5.75 Å². The van der Waals surface area contributed by atoms with Crippen LogP contribution in [-0.2, 0) is 6.18 Å². The van der Waals surface area contributed by atoms with Gasteiger partial charge in [-0.05, 0) is 31.5 Å². The lowest BCUT2D eigenvalue weighted by atomic mass is 10.1. The molecule has 1 saturated heterocycles. The third-order valence-corrected chi connectivity index (χ3v) is 3.03. The van der Waals surface area contributed by atoms with Gasteiger partial charge in [0.05, 0.1) is 10.5 Å². The maximum absolute atomic E-state index is 12.5. The fraction of sp³-hybridized carbons (Fsp3) is 0.500. The monoisotopic (exact) mass is 290 g/mol. The van der Waals surface area contributed by atoms with Crippen LogP contribution >= 0.6 is 0 Å². The maximum atomic E-state index is 12.5. The summed E-state index contributed by atoms with van der Waals surface area (Å²) in [6.07, 6.45) is -3.31. The molecule has 1 aliphatic rings. The molecule has 1 fully saturated rings. The molecule has 20 heavy (non-hydrogen) atoms. The zero-order valence-electron chi connectivity index (χ0n) is 10.4. The highest BCUT2D eigenvalue weighted by molar-refractivity contribution is 5.49. The summed E-state index contributed by atoms with van der Waals surface area (Å²) in [5.74, 6) is -0.128. The molecule has 2 rings (SSSR count). The molecule has 1 unspecified atom stereocenters. The van der Waals surface area contributed by atoms with Gasteiger partial charge in [0, 0.05) is 12.6 Å². The van der Waals surface area contributed by atoms with Crippen molar-refractivity contribution < 1.29 is 22.8 Å². The fourth-order valence-corrected chi connectivity index (χ4v) is 2.04. The number of alkyl halides is 3. The number of nitro benzene ring substituents is 1. The predicted molar refractivity (Wildman–Crippen MR) is 64.6 cm³/mol. The fourth-order valence-electron chi connectivity index (χ4n) is 2.04. The second-order valence-electron chi connectivity index (χ2n) is 4.52. The van der Waals surface area contributed by atoms with Crippen molar-refractivity contribution in [3.05, 3.63) is 33.9 Å². The van der Waals surface area contributed by atoms with Gasteiger partial charge in [-0.3, -0.25) is 10.1 Å². The molecule has 1 aliphatic heterocycles. The maximum Gasteiger partial charge on any atom is 0.416 e. The molecule has 110 valence electrons. The molecule has 0 bridgehead atoms. The van der Waals surface area contributed by atoms with E-state index in [9.17, 15) is 23.3 Å². The third kappa shape index (κ3) is 3.38. The first-order chi connectivity index (χ1) is 9.38.